The lowest BCUT2D eigenvalue weighted by atomic mass is 10.1. The molecule has 0 bridgehead atoms. The highest BCUT2D eigenvalue weighted by Gasteiger charge is 2.09. The first-order valence-electron chi connectivity index (χ1n) is 7.77. The quantitative estimate of drug-likeness (QED) is 0.743. The largest absolute Gasteiger partial charge is 0.496 e. The van der Waals surface area contributed by atoms with Gasteiger partial charge in [-0.15, -0.1) is 0 Å². The van der Waals surface area contributed by atoms with E-state index in [0.29, 0.717) is 23.6 Å². The standard InChI is InChI=1S/C19H20ClNO3/c1-24-18-5-3-2-4-15(18)12-13-21-19(23)11-10-17(22)14-6-8-16(20)9-7-14/h2-9H,10-13H2,1H3,(H,21,23). The van der Waals surface area contributed by atoms with E-state index in [-0.39, 0.29) is 24.5 Å². The number of ether oxygens (including phenoxy) is 1. The van der Waals surface area contributed by atoms with Gasteiger partial charge >= 0.3 is 0 Å². The number of methoxy groups -OCH3 is 1. The minimum atomic E-state index is -0.132. The summed E-state index contributed by atoms with van der Waals surface area (Å²) in [5, 5.41) is 3.41. The Morgan fingerprint density at radius 2 is 1.75 bits per heavy atom. The van der Waals surface area contributed by atoms with Crippen molar-refractivity contribution >= 4 is 23.3 Å². The molecule has 126 valence electrons. The normalized spacial score (nSPS) is 10.2. The topological polar surface area (TPSA) is 55.4 Å². The summed E-state index contributed by atoms with van der Waals surface area (Å²) in [6.07, 6.45) is 1.04. The number of rotatable bonds is 8. The van der Waals surface area contributed by atoms with Crippen LogP contribution in [0.2, 0.25) is 5.02 Å². The molecule has 0 aliphatic carbocycles. The van der Waals surface area contributed by atoms with Gasteiger partial charge in [-0.05, 0) is 42.3 Å². The van der Waals surface area contributed by atoms with E-state index >= 15 is 0 Å². The Morgan fingerprint density at radius 3 is 2.46 bits per heavy atom. The number of ketones is 1. The van der Waals surface area contributed by atoms with Crippen LogP contribution >= 0.6 is 11.6 Å². The minimum absolute atomic E-state index is 0.0634. The molecule has 2 rings (SSSR count). The van der Waals surface area contributed by atoms with Crippen molar-refractivity contribution in [3.05, 3.63) is 64.7 Å². The van der Waals surface area contributed by atoms with Crippen LogP contribution in [0, 0.1) is 0 Å². The summed E-state index contributed by atoms with van der Waals surface area (Å²) in [7, 11) is 1.62. The van der Waals surface area contributed by atoms with Crippen LogP contribution in [0.15, 0.2) is 48.5 Å². The zero-order chi connectivity index (χ0) is 17.4. The molecule has 2 aromatic rings. The Morgan fingerprint density at radius 1 is 1.04 bits per heavy atom. The molecule has 0 aromatic heterocycles. The highest BCUT2D eigenvalue weighted by atomic mass is 35.5. The molecule has 0 unspecified atom stereocenters. The monoisotopic (exact) mass is 345 g/mol. The van der Waals surface area contributed by atoms with Crippen molar-refractivity contribution in [2.24, 2.45) is 0 Å². The summed E-state index contributed by atoms with van der Waals surface area (Å²) < 4.78 is 5.27. The van der Waals surface area contributed by atoms with Gasteiger partial charge in [-0.1, -0.05) is 29.8 Å². The first-order chi connectivity index (χ1) is 11.6. The fourth-order valence-electron chi connectivity index (χ4n) is 2.34. The maximum atomic E-state index is 12.0. The third-order valence-electron chi connectivity index (χ3n) is 3.65. The van der Waals surface area contributed by atoms with Crippen LogP contribution in [-0.4, -0.2) is 25.3 Å². The van der Waals surface area contributed by atoms with Crippen molar-refractivity contribution in [2.75, 3.05) is 13.7 Å². The van der Waals surface area contributed by atoms with Crippen LogP contribution in [0.5, 0.6) is 5.75 Å². The Labute approximate surface area is 146 Å². The first kappa shape index (κ1) is 18.0. The van der Waals surface area contributed by atoms with Crippen molar-refractivity contribution in [3.63, 3.8) is 0 Å². The number of hydrogen-bond acceptors (Lipinski definition) is 3. The molecule has 1 amide bonds. The highest BCUT2D eigenvalue weighted by Crippen LogP contribution is 2.17. The third-order valence-corrected chi connectivity index (χ3v) is 3.91. The lowest BCUT2D eigenvalue weighted by molar-refractivity contribution is -0.121. The smallest absolute Gasteiger partial charge is 0.220 e. The molecular formula is C19H20ClNO3. The van der Waals surface area contributed by atoms with Crippen LogP contribution in [-0.2, 0) is 11.2 Å². The molecule has 1 N–H and O–H groups in total. The minimum Gasteiger partial charge on any atom is -0.496 e. The lowest BCUT2D eigenvalue weighted by Crippen LogP contribution is -2.26. The van der Waals surface area contributed by atoms with Crippen molar-refractivity contribution in [3.8, 4) is 5.75 Å². The summed E-state index contributed by atoms with van der Waals surface area (Å²) in [6.45, 7) is 0.508. The number of amides is 1. The summed E-state index contributed by atoms with van der Waals surface area (Å²) in [5.74, 6) is 0.614. The Balaban J connectivity index is 1.73. The van der Waals surface area contributed by atoms with Gasteiger partial charge in [0.05, 0.1) is 7.11 Å². The van der Waals surface area contributed by atoms with E-state index in [1.807, 2.05) is 24.3 Å². The Hall–Kier alpha value is -2.33. The van der Waals surface area contributed by atoms with Gasteiger partial charge in [-0.3, -0.25) is 9.59 Å². The molecule has 0 aliphatic rings. The number of Topliss-reactive ketones (excluding diaryl/α,β-unsaturated/α-hetero) is 1. The van der Waals surface area contributed by atoms with Crippen molar-refractivity contribution in [1.82, 2.24) is 5.32 Å². The Kier molecular flexibility index (Phi) is 6.82. The lowest BCUT2D eigenvalue weighted by Gasteiger charge is -2.09. The predicted octanol–water partition coefficient (Wildman–Crippen LogP) is 3.67. The second-order valence-electron chi connectivity index (χ2n) is 5.34. The molecule has 4 nitrogen and oxygen atoms in total. The molecule has 0 aliphatic heterocycles. The van der Waals surface area contributed by atoms with E-state index in [2.05, 4.69) is 5.32 Å². The van der Waals surface area contributed by atoms with Gasteiger partial charge < -0.3 is 10.1 Å². The van der Waals surface area contributed by atoms with Gasteiger partial charge in [-0.25, -0.2) is 0 Å². The molecular weight excluding hydrogens is 326 g/mol. The summed E-state index contributed by atoms with van der Waals surface area (Å²) in [4.78, 5) is 23.9. The number of carbonyl (C=O) groups excluding carboxylic acids is 2. The molecule has 0 fully saturated rings. The SMILES string of the molecule is COc1ccccc1CCNC(=O)CCC(=O)c1ccc(Cl)cc1. The maximum absolute atomic E-state index is 12.0. The third kappa shape index (κ3) is 5.39. The summed E-state index contributed by atoms with van der Waals surface area (Å²) in [5.41, 5.74) is 1.61. The van der Waals surface area contributed by atoms with Crippen LogP contribution in [0.1, 0.15) is 28.8 Å². The van der Waals surface area contributed by atoms with Crippen molar-refractivity contribution < 1.29 is 14.3 Å². The number of carbonyl (C=O) groups is 2. The molecule has 2 aromatic carbocycles. The van der Waals surface area contributed by atoms with Gasteiger partial charge in [0.1, 0.15) is 5.75 Å². The van der Waals surface area contributed by atoms with Crippen LogP contribution < -0.4 is 10.1 Å². The van der Waals surface area contributed by atoms with E-state index < -0.39 is 0 Å². The number of nitrogens with one attached hydrogen (secondary N) is 1. The van der Waals surface area contributed by atoms with Gasteiger partial charge in [0.25, 0.3) is 0 Å². The van der Waals surface area contributed by atoms with E-state index in [1.165, 1.54) is 0 Å². The molecule has 0 saturated heterocycles. The average molecular weight is 346 g/mol. The van der Waals surface area contributed by atoms with Gasteiger partial charge in [0, 0.05) is 30.0 Å². The van der Waals surface area contributed by atoms with Gasteiger partial charge in [0.2, 0.25) is 5.91 Å². The molecule has 24 heavy (non-hydrogen) atoms. The van der Waals surface area contributed by atoms with Crippen LogP contribution in [0.4, 0.5) is 0 Å². The number of hydrogen-bond donors (Lipinski definition) is 1. The molecule has 0 saturated carbocycles. The first-order valence-corrected chi connectivity index (χ1v) is 8.15. The maximum Gasteiger partial charge on any atom is 0.220 e. The van der Waals surface area contributed by atoms with Crippen LogP contribution in [0.25, 0.3) is 0 Å². The van der Waals surface area contributed by atoms with Gasteiger partial charge in [-0.2, -0.15) is 0 Å². The molecule has 0 spiro atoms. The fourth-order valence-corrected chi connectivity index (χ4v) is 2.47. The highest BCUT2D eigenvalue weighted by molar-refractivity contribution is 6.30. The van der Waals surface area contributed by atoms with E-state index in [1.54, 1.807) is 31.4 Å². The van der Waals surface area contributed by atoms with E-state index in [4.69, 9.17) is 16.3 Å². The number of halogens is 1. The van der Waals surface area contributed by atoms with Crippen molar-refractivity contribution in [1.29, 1.82) is 0 Å². The van der Waals surface area contributed by atoms with E-state index in [0.717, 1.165) is 11.3 Å². The Bertz CT molecular complexity index is 698. The fraction of sp³-hybridized carbons (Fsp3) is 0.263. The average Bonchev–Trinajstić information content (AvgIpc) is 2.60. The summed E-state index contributed by atoms with van der Waals surface area (Å²) in [6, 6.07) is 14.4. The molecule has 0 atom stereocenters. The van der Waals surface area contributed by atoms with Crippen molar-refractivity contribution in [2.45, 2.75) is 19.3 Å². The second kappa shape index (κ2) is 9.08. The number of para-hydroxylation sites is 1. The number of benzene rings is 2. The predicted molar refractivity (Wildman–Crippen MR) is 94.7 cm³/mol. The van der Waals surface area contributed by atoms with Gasteiger partial charge in [0.15, 0.2) is 5.78 Å². The zero-order valence-corrected chi connectivity index (χ0v) is 14.3. The van der Waals surface area contributed by atoms with Crippen LogP contribution in [0.3, 0.4) is 0 Å². The summed E-state index contributed by atoms with van der Waals surface area (Å²) >= 11 is 5.79. The second-order valence-corrected chi connectivity index (χ2v) is 5.78. The van der Waals surface area contributed by atoms with E-state index in [9.17, 15) is 9.59 Å². The molecule has 0 heterocycles. The molecule has 5 heteroatoms. The zero-order valence-electron chi connectivity index (χ0n) is 13.5. The molecule has 0 radical (unpaired) electrons.